The van der Waals surface area contributed by atoms with Gasteiger partial charge in [0.2, 0.25) is 0 Å². The zero-order valence-corrected chi connectivity index (χ0v) is 11.7. The minimum absolute atomic E-state index is 0. The van der Waals surface area contributed by atoms with E-state index in [-0.39, 0.29) is 18.4 Å². The highest BCUT2D eigenvalue weighted by Gasteiger charge is 2.24. The van der Waals surface area contributed by atoms with Crippen LogP contribution in [0.3, 0.4) is 0 Å². The molecule has 1 heterocycles. The molecule has 0 unspecified atom stereocenters. The second-order valence-corrected chi connectivity index (χ2v) is 4.73. The molecule has 1 aliphatic rings. The van der Waals surface area contributed by atoms with Crippen LogP contribution in [0.4, 0.5) is 4.79 Å². The molecule has 5 heteroatoms. The van der Waals surface area contributed by atoms with Crippen molar-refractivity contribution < 1.29 is 9.90 Å². The van der Waals surface area contributed by atoms with E-state index >= 15 is 0 Å². The normalized spacial score (nSPS) is 19.1. The molecule has 106 valence electrons. The van der Waals surface area contributed by atoms with Crippen LogP contribution in [0.2, 0.25) is 0 Å². The van der Waals surface area contributed by atoms with Crippen molar-refractivity contribution in [2.75, 3.05) is 13.1 Å². The van der Waals surface area contributed by atoms with E-state index in [0.29, 0.717) is 6.54 Å². The molecule has 2 rings (SSSR count). The summed E-state index contributed by atoms with van der Waals surface area (Å²) < 4.78 is 0. The van der Waals surface area contributed by atoms with Crippen molar-refractivity contribution in [3.8, 4) is 0 Å². The number of carboxylic acid groups (broad SMARTS) is 1. The fraction of sp³-hybridized carbons (Fsp3) is 0.500. The number of benzene rings is 1. The molecular weight excluding hydrogens is 264 g/mol. The fourth-order valence-electron chi connectivity index (χ4n) is 2.45. The lowest BCUT2D eigenvalue weighted by Gasteiger charge is -2.28. The summed E-state index contributed by atoms with van der Waals surface area (Å²) in [6.45, 7) is 2.39. The lowest BCUT2D eigenvalue weighted by Crippen LogP contribution is -2.39. The Morgan fingerprint density at radius 3 is 2.68 bits per heavy atom. The van der Waals surface area contributed by atoms with Crippen LogP contribution in [-0.4, -0.2) is 35.2 Å². The molecule has 1 fully saturated rings. The molecule has 1 aliphatic heterocycles. The minimum Gasteiger partial charge on any atom is -0.465 e. The van der Waals surface area contributed by atoms with E-state index in [1.165, 1.54) is 0 Å². The van der Waals surface area contributed by atoms with Crippen LogP contribution < -0.4 is 5.32 Å². The molecule has 1 aromatic carbocycles. The number of nitrogens with zero attached hydrogens (tertiary/aromatic N) is 1. The largest absolute Gasteiger partial charge is 0.465 e. The Bertz CT molecular complexity index is 378. The Morgan fingerprint density at radius 2 is 2.00 bits per heavy atom. The molecule has 0 saturated carbocycles. The van der Waals surface area contributed by atoms with E-state index in [2.05, 4.69) is 5.32 Å². The van der Waals surface area contributed by atoms with Crippen molar-refractivity contribution in [2.24, 2.45) is 0 Å². The minimum atomic E-state index is -0.814. The van der Waals surface area contributed by atoms with Crippen LogP contribution in [0.5, 0.6) is 0 Å². The summed E-state index contributed by atoms with van der Waals surface area (Å²) in [5.41, 5.74) is 1.05. The van der Waals surface area contributed by atoms with Crippen molar-refractivity contribution >= 4 is 18.5 Å². The van der Waals surface area contributed by atoms with E-state index in [1.54, 1.807) is 4.90 Å². The van der Waals surface area contributed by atoms with Gasteiger partial charge in [-0.3, -0.25) is 0 Å². The van der Waals surface area contributed by atoms with Crippen molar-refractivity contribution in [1.82, 2.24) is 10.2 Å². The van der Waals surface area contributed by atoms with Crippen LogP contribution in [0.1, 0.15) is 24.8 Å². The topological polar surface area (TPSA) is 52.6 Å². The number of halogens is 1. The summed E-state index contributed by atoms with van der Waals surface area (Å²) in [7, 11) is 0. The van der Waals surface area contributed by atoms with Gasteiger partial charge < -0.3 is 15.3 Å². The Hall–Kier alpha value is -1.26. The van der Waals surface area contributed by atoms with Crippen molar-refractivity contribution in [1.29, 1.82) is 0 Å². The molecule has 1 atom stereocenters. The second-order valence-electron chi connectivity index (χ2n) is 4.73. The molecule has 1 saturated heterocycles. The predicted octanol–water partition coefficient (Wildman–Crippen LogP) is 2.73. The maximum Gasteiger partial charge on any atom is 0.407 e. The summed E-state index contributed by atoms with van der Waals surface area (Å²) in [6.07, 6.45) is 2.08. The standard InChI is InChI=1S/C14H20N2O2.ClH/c17-14(18)16(11-12-5-2-1-3-6-12)13-7-4-9-15-10-8-13;/h1-3,5-6,13,15H,4,7-11H2,(H,17,18);1H/t13-;/m1./s1. The molecule has 2 N–H and O–H groups in total. The first kappa shape index (κ1) is 15.8. The van der Waals surface area contributed by atoms with Crippen molar-refractivity contribution in [3.05, 3.63) is 35.9 Å². The molecule has 1 aromatic rings. The fourth-order valence-corrected chi connectivity index (χ4v) is 2.45. The lowest BCUT2D eigenvalue weighted by atomic mass is 10.1. The maximum absolute atomic E-state index is 11.4. The van der Waals surface area contributed by atoms with Gasteiger partial charge in [0.05, 0.1) is 0 Å². The van der Waals surface area contributed by atoms with Crippen LogP contribution >= 0.6 is 12.4 Å². The first-order chi connectivity index (χ1) is 8.77. The van der Waals surface area contributed by atoms with Gasteiger partial charge in [-0.05, 0) is 37.9 Å². The number of nitrogens with one attached hydrogen (secondary N) is 1. The summed E-state index contributed by atoms with van der Waals surface area (Å²) in [5.74, 6) is 0. The Kier molecular flexibility index (Phi) is 6.67. The van der Waals surface area contributed by atoms with E-state index in [4.69, 9.17) is 0 Å². The van der Waals surface area contributed by atoms with E-state index in [9.17, 15) is 9.90 Å². The summed E-state index contributed by atoms with van der Waals surface area (Å²) in [5, 5.41) is 12.7. The van der Waals surface area contributed by atoms with Gasteiger partial charge in [-0.1, -0.05) is 30.3 Å². The summed E-state index contributed by atoms with van der Waals surface area (Å²) in [4.78, 5) is 13.0. The number of carbonyl (C=O) groups is 1. The van der Waals surface area contributed by atoms with E-state index in [1.807, 2.05) is 30.3 Å². The summed E-state index contributed by atoms with van der Waals surface area (Å²) in [6, 6.07) is 9.94. The second kappa shape index (κ2) is 8.02. The first-order valence-corrected chi connectivity index (χ1v) is 6.51. The number of amides is 1. The van der Waals surface area contributed by atoms with Gasteiger partial charge >= 0.3 is 6.09 Å². The zero-order chi connectivity index (χ0) is 12.8. The average molecular weight is 285 g/mol. The lowest BCUT2D eigenvalue weighted by molar-refractivity contribution is 0.116. The molecule has 0 aromatic heterocycles. The molecule has 0 bridgehead atoms. The average Bonchev–Trinajstić information content (AvgIpc) is 2.65. The monoisotopic (exact) mass is 284 g/mol. The molecule has 1 amide bonds. The third-order valence-corrected chi connectivity index (χ3v) is 3.43. The molecule has 4 nitrogen and oxygen atoms in total. The third kappa shape index (κ3) is 4.73. The van der Waals surface area contributed by atoms with Crippen LogP contribution in [0.15, 0.2) is 30.3 Å². The Morgan fingerprint density at radius 1 is 1.26 bits per heavy atom. The van der Waals surface area contributed by atoms with Crippen molar-refractivity contribution in [2.45, 2.75) is 31.8 Å². The van der Waals surface area contributed by atoms with Gasteiger partial charge in [-0.25, -0.2) is 4.79 Å². The molecule has 0 radical (unpaired) electrons. The van der Waals surface area contributed by atoms with Gasteiger partial charge in [0.15, 0.2) is 0 Å². The summed E-state index contributed by atoms with van der Waals surface area (Å²) >= 11 is 0. The maximum atomic E-state index is 11.4. The number of hydrogen-bond acceptors (Lipinski definition) is 2. The highest BCUT2D eigenvalue weighted by atomic mass is 35.5. The Balaban J connectivity index is 0.00000180. The van der Waals surface area contributed by atoms with Gasteiger partial charge in [0.1, 0.15) is 0 Å². The number of hydrogen-bond donors (Lipinski definition) is 2. The van der Waals surface area contributed by atoms with Crippen LogP contribution in [-0.2, 0) is 6.54 Å². The Labute approximate surface area is 120 Å². The molecule has 0 spiro atoms. The molecule has 19 heavy (non-hydrogen) atoms. The van der Waals surface area contributed by atoms with Gasteiger partial charge in [0, 0.05) is 12.6 Å². The van der Waals surface area contributed by atoms with Crippen molar-refractivity contribution in [3.63, 3.8) is 0 Å². The number of rotatable bonds is 3. The SMILES string of the molecule is Cl.O=C(O)N(Cc1ccccc1)[C@@H]1CCCNCC1. The smallest absolute Gasteiger partial charge is 0.407 e. The van der Waals surface area contributed by atoms with Gasteiger partial charge in [-0.15, -0.1) is 12.4 Å². The van der Waals surface area contributed by atoms with E-state index < -0.39 is 6.09 Å². The predicted molar refractivity (Wildman–Crippen MR) is 77.8 cm³/mol. The molecule has 0 aliphatic carbocycles. The highest BCUT2D eigenvalue weighted by Crippen LogP contribution is 2.17. The van der Waals surface area contributed by atoms with Gasteiger partial charge in [-0.2, -0.15) is 0 Å². The van der Waals surface area contributed by atoms with Crippen LogP contribution in [0.25, 0.3) is 0 Å². The highest BCUT2D eigenvalue weighted by molar-refractivity contribution is 5.85. The third-order valence-electron chi connectivity index (χ3n) is 3.43. The first-order valence-electron chi connectivity index (χ1n) is 6.51. The van der Waals surface area contributed by atoms with Gasteiger partial charge in [0.25, 0.3) is 0 Å². The quantitative estimate of drug-likeness (QED) is 0.897. The van der Waals surface area contributed by atoms with E-state index in [0.717, 1.165) is 37.9 Å². The van der Waals surface area contributed by atoms with Crippen LogP contribution in [0, 0.1) is 0 Å². The zero-order valence-electron chi connectivity index (χ0n) is 10.9. The molecular formula is C14H21ClN2O2.